The first-order valence-electron chi connectivity index (χ1n) is 7.60. The Hall–Kier alpha value is -1.11. The van der Waals surface area contributed by atoms with Crippen LogP contribution < -0.4 is 0 Å². The minimum absolute atomic E-state index is 0.0112. The molecule has 0 spiro atoms. The van der Waals surface area contributed by atoms with Crippen LogP contribution in [-0.4, -0.2) is 55.0 Å². The number of hydrogen-bond acceptors (Lipinski definition) is 4. The molecule has 1 aromatic carbocycles. The second-order valence-electron chi connectivity index (χ2n) is 5.90. The van der Waals surface area contributed by atoms with Gasteiger partial charge in [0.2, 0.25) is 10.0 Å². The summed E-state index contributed by atoms with van der Waals surface area (Å²) < 4.78 is 26.8. The van der Waals surface area contributed by atoms with Crippen LogP contribution >= 0.6 is 0 Å². The molecule has 21 heavy (non-hydrogen) atoms. The van der Waals surface area contributed by atoms with Gasteiger partial charge in [-0.25, -0.2) is 8.42 Å². The summed E-state index contributed by atoms with van der Waals surface area (Å²) in [5.74, 6) is -0.0112. The Balaban J connectivity index is 1.72. The van der Waals surface area contributed by atoms with Gasteiger partial charge in [0.1, 0.15) is 5.75 Å². The summed E-state index contributed by atoms with van der Waals surface area (Å²) in [5.41, 5.74) is 0. The number of phenolic OH excluding ortho intramolecular Hbond substituents is 1. The lowest BCUT2D eigenvalue weighted by Crippen LogP contribution is -2.41. The van der Waals surface area contributed by atoms with Gasteiger partial charge in [0.05, 0.1) is 4.90 Å². The van der Waals surface area contributed by atoms with Gasteiger partial charge in [-0.3, -0.25) is 4.90 Å². The SMILES string of the molecule is O=S(=O)(c1cccc(O)c1)N1CCC(N2CCCCC2)C1. The maximum atomic E-state index is 12.6. The van der Waals surface area contributed by atoms with Crippen molar-refractivity contribution in [3.63, 3.8) is 0 Å². The van der Waals surface area contributed by atoms with Crippen molar-refractivity contribution in [2.75, 3.05) is 26.2 Å². The zero-order valence-electron chi connectivity index (χ0n) is 12.1. The molecule has 116 valence electrons. The smallest absolute Gasteiger partial charge is 0.243 e. The first-order chi connectivity index (χ1) is 10.1. The second-order valence-corrected chi connectivity index (χ2v) is 7.84. The lowest BCUT2D eigenvalue weighted by molar-refractivity contribution is 0.169. The van der Waals surface area contributed by atoms with Gasteiger partial charge in [-0.05, 0) is 50.6 Å². The molecular formula is C15H22N2O3S. The van der Waals surface area contributed by atoms with Crippen LogP contribution in [0.4, 0.5) is 0 Å². The summed E-state index contributed by atoms with van der Waals surface area (Å²) in [6.45, 7) is 3.31. The largest absolute Gasteiger partial charge is 0.508 e. The number of sulfonamides is 1. The van der Waals surface area contributed by atoms with Crippen molar-refractivity contribution in [1.82, 2.24) is 9.21 Å². The van der Waals surface area contributed by atoms with Gasteiger partial charge in [0.15, 0.2) is 0 Å². The standard InChI is InChI=1S/C15H22N2O3S/c18-14-5-4-6-15(11-14)21(19,20)17-10-7-13(12-17)16-8-2-1-3-9-16/h4-6,11,13,18H,1-3,7-10,12H2. The molecule has 0 aromatic heterocycles. The molecule has 0 saturated carbocycles. The van der Waals surface area contributed by atoms with Crippen LogP contribution in [-0.2, 0) is 10.0 Å². The van der Waals surface area contributed by atoms with E-state index in [4.69, 9.17) is 0 Å². The molecule has 1 N–H and O–H groups in total. The molecule has 0 amide bonds. The Morgan fingerprint density at radius 3 is 2.57 bits per heavy atom. The Kier molecular flexibility index (Phi) is 4.19. The van der Waals surface area contributed by atoms with Crippen molar-refractivity contribution in [2.45, 2.75) is 36.6 Å². The molecule has 6 heteroatoms. The van der Waals surface area contributed by atoms with E-state index in [0.717, 1.165) is 19.5 Å². The van der Waals surface area contributed by atoms with E-state index in [-0.39, 0.29) is 10.6 Å². The first-order valence-corrected chi connectivity index (χ1v) is 9.04. The molecule has 1 atom stereocenters. The van der Waals surface area contributed by atoms with Gasteiger partial charge >= 0.3 is 0 Å². The van der Waals surface area contributed by atoms with Crippen LogP contribution in [0.2, 0.25) is 0 Å². The Labute approximate surface area is 126 Å². The number of aromatic hydroxyl groups is 1. The first kappa shape index (κ1) is 14.8. The summed E-state index contributed by atoms with van der Waals surface area (Å²) in [7, 11) is -3.49. The van der Waals surface area contributed by atoms with Crippen LogP contribution in [0.1, 0.15) is 25.7 Å². The minimum atomic E-state index is -3.49. The fraction of sp³-hybridized carbons (Fsp3) is 0.600. The molecule has 5 nitrogen and oxygen atoms in total. The number of hydrogen-bond donors (Lipinski definition) is 1. The van der Waals surface area contributed by atoms with E-state index >= 15 is 0 Å². The van der Waals surface area contributed by atoms with Crippen molar-refractivity contribution in [2.24, 2.45) is 0 Å². The van der Waals surface area contributed by atoms with E-state index in [2.05, 4.69) is 4.90 Å². The van der Waals surface area contributed by atoms with Gasteiger partial charge < -0.3 is 5.11 Å². The Morgan fingerprint density at radius 1 is 1.10 bits per heavy atom. The zero-order chi connectivity index (χ0) is 14.9. The molecule has 2 heterocycles. The number of benzene rings is 1. The number of likely N-dealkylation sites (tertiary alicyclic amines) is 1. The molecule has 0 bridgehead atoms. The third-order valence-electron chi connectivity index (χ3n) is 4.49. The second kappa shape index (κ2) is 5.94. The molecule has 2 fully saturated rings. The van der Waals surface area contributed by atoms with Gasteiger partial charge in [-0.2, -0.15) is 4.31 Å². The Morgan fingerprint density at radius 2 is 1.86 bits per heavy atom. The summed E-state index contributed by atoms with van der Waals surface area (Å²) >= 11 is 0. The van der Waals surface area contributed by atoms with Crippen molar-refractivity contribution >= 4 is 10.0 Å². The van der Waals surface area contributed by atoms with Gasteiger partial charge in [-0.1, -0.05) is 12.5 Å². The van der Waals surface area contributed by atoms with E-state index in [1.54, 1.807) is 16.4 Å². The molecule has 2 aliphatic rings. The van der Waals surface area contributed by atoms with Crippen LogP contribution in [0.25, 0.3) is 0 Å². The zero-order valence-corrected chi connectivity index (χ0v) is 12.9. The highest BCUT2D eigenvalue weighted by atomic mass is 32.2. The predicted molar refractivity (Wildman–Crippen MR) is 80.7 cm³/mol. The van der Waals surface area contributed by atoms with E-state index in [1.807, 2.05) is 0 Å². The van der Waals surface area contributed by atoms with Crippen molar-refractivity contribution in [1.29, 1.82) is 0 Å². The highest BCUT2D eigenvalue weighted by molar-refractivity contribution is 7.89. The van der Waals surface area contributed by atoms with E-state index in [1.165, 1.54) is 31.4 Å². The fourth-order valence-corrected chi connectivity index (χ4v) is 4.84. The van der Waals surface area contributed by atoms with Crippen LogP contribution in [0.5, 0.6) is 5.75 Å². The van der Waals surface area contributed by atoms with Crippen LogP contribution in [0, 0.1) is 0 Å². The van der Waals surface area contributed by atoms with Crippen molar-refractivity contribution in [3.8, 4) is 5.75 Å². The average molecular weight is 310 g/mol. The predicted octanol–water partition coefficient (Wildman–Crippen LogP) is 1.64. The summed E-state index contributed by atoms with van der Waals surface area (Å²) in [5, 5.41) is 9.48. The molecule has 0 aliphatic carbocycles. The normalized spacial score (nSPS) is 25.2. The lowest BCUT2D eigenvalue weighted by atomic mass is 10.1. The molecular weight excluding hydrogens is 288 g/mol. The highest BCUT2D eigenvalue weighted by Gasteiger charge is 2.35. The third-order valence-corrected chi connectivity index (χ3v) is 6.35. The summed E-state index contributed by atoms with van der Waals surface area (Å²) in [6, 6.07) is 6.27. The van der Waals surface area contributed by atoms with Gasteiger partial charge in [-0.15, -0.1) is 0 Å². The number of piperidine rings is 1. The molecule has 2 saturated heterocycles. The third kappa shape index (κ3) is 3.07. The maximum absolute atomic E-state index is 12.6. The van der Waals surface area contributed by atoms with E-state index in [0.29, 0.717) is 19.1 Å². The molecule has 1 unspecified atom stereocenters. The van der Waals surface area contributed by atoms with Crippen molar-refractivity contribution < 1.29 is 13.5 Å². The van der Waals surface area contributed by atoms with Gasteiger partial charge in [0, 0.05) is 19.1 Å². The van der Waals surface area contributed by atoms with Crippen molar-refractivity contribution in [3.05, 3.63) is 24.3 Å². The summed E-state index contributed by atoms with van der Waals surface area (Å²) in [6.07, 6.45) is 4.62. The number of rotatable bonds is 3. The Bertz CT molecular complexity index is 597. The summed E-state index contributed by atoms with van der Waals surface area (Å²) in [4.78, 5) is 2.61. The van der Waals surface area contributed by atoms with Crippen LogP contribution in [0.15, 0.2) is 29.2 Å². The minimum Gasteiger partial charge on any atom is -0.508 e. The maximum Gasteiger partial charge on any atom is 0.243 e. The van der Waals surface area contributed by atoms with Gasteiger partial charge in [0.25, 0.3) is 0 Å². The molecule has 2 aliphatic heterocycles. The highest BCUT2D eigenvalue weighted by Crippen LogP contribution is 2.26. The lowest BCUT2D eigenvalue weighted by Gasteiger charge is -2.32. The number of nitrogens with zero attached hydrogens (tertiary/aromatic N) is 2. The van der Waals surface area contributed by atoms with E-state index < -0.39 is 10.0 Å². The quantitative estimate of drug-likeness (QED) is 0.922. The number of phenols is 1. The monoisotopic (exact) mass is 310 g/mol. The fourth-order valence-electron chi connectivity index (χ4n) is 3.30. The topological polar surface area (TPSA) is 60.9 Å². The molecule has 3 rings (SSSR count). The van der Waals surface area contributed by atoms with E-state index in [9.17, 15) is 13.5 Å². The average Bonchev–Trinajstić information content (AvgIpc) is 2.99. The molecule has 1 aromatic rings. The molecule has 0 radical (unpaired) electrons. The van der Waals surface area contributed by atoms with Crippen LogP contribution in [0.3, 0.4) is 0 Å².